The zero-order valence-electron chi connectivity index (χ0n) is 21.7. The van der Waals surface area contributed by atoms with Crippen molar-refractivity contribution in [2.75, 3.05) is 62.7 Å². The summed E-state index contributed by atoms with van der Waals surface area (Å²) < 4.78 is 5.61. The minimum absolute atomic E-state index is 0.427. The van der Waals surface area contributed by atoms with Crippen LogP contribution in [0.4, 0.5) is 11.4 Å². The van der Waals surface area contributed by atoms with E-state index in [4.69, 9.17) is 4.74 Å². The molecule has 184 valence electrons. The maximum Gasteiger partial charge on any atom is 0.0605 e. The lowest BCUT2D eigenvalue weighted by atomic mass is 9.70. The summed E-state index contributed by atoms with van der Waals surface area (Å²) in [5.41, 5.74) is 6.48. The number of piperazine rings is 1. The minimum Gasteiger partial charge on any atom is -0.381 e. The molecule has 0 atom stereocenters. The van der Waals surface area contributed by atoms with Crippen LogP contribution in [-0.4, -0.2) is 63.9 Å². The van der Waals surface area contributed by atoms with E-state index in [2.05, 4.69) is 59.7 Å². The second kappa shape index (κ2) is 11.3. The van der Waals surface area contributed by atoms with Crippen molar-refractivity contribution in [1.82, 2.24) is 4.90 Å². The molecule has 33 heavy (non-hydrogen) atoms. The summed E-state index contributed by atoms with van der Waals surface area (Å²) in [4.78, 5) is 7.86. The van der Waals surface area contributed by atoms with Crippen LogP contribution in [0.25, 0.3) is 5.57 Å². The highest BCUT2D eigenvalue weighted by Gasteiger charge is 2.30. The van der Waals surface area contributed by atoms with Crippen LogP contribution in [0, 0.1) is 5.41 Å². The molecule has 0 N–H and O–H groups in total. The van der Waals surface area contributed by atoms with Gasteiger partial charge in [-0.1, -0.05) is 39.7 Å². The highest BCUT2D eigenvalue weighted by Crippen LogP contribution is 2.45. The monoisotopic (exact) mass is 453 g/mol. The van der Waals surface area contributed by atoms with E-state index < -0.39 is 0 Å². The third kappa shape index (κ3) is 5.59. The van der Waals surface area contributed by atoms with Gasteiger partial charge in [-0.3, -0.25) is 4.90 Å². The number of benzene rings is 1. The predicted octanol–water partition coefficient (Wildman–Crippen LogP) is 6.21. The van der Waals surface area contributed by atoms with Crippen LogP contribution in [0.5, 0.6) is 0 Å². The third-order valence-electron chi connectivity index (χ3n) is 8.93. The van der Waals surface area contributed by atoms with Gasteiger partial charge in [0.1, 0.15) is 0 Å². The van der Waals surface area contributed by atoms with Crippen molar-refractivity contribution < 1.29 is 4.74 Å². The molecule has 3 aliphatic rings. The summed E-state index contributed by atoms with van der Waals surface area (Å²) in [7, 11) is 1.86. The van der Waals surface area contributed by atoms with E-state index in [1.54, 1.807) is 5.57 Å². The fraction of sp³-hybridized carbons (Fsp3) is 0.724. The van der Waals surface area contributed by atoms with Gasteiger partial charge in [0.25, 0.3) is 0 Å². The van der Waals surface area contributed by atoms with E-state index in [1.807, 2.05) is 7.11 Å². The van der Waals surface area contributed by atoms with Crippen LogP contribution in [0.2, 0.25) is 0 Å². The fourth-order valence-electron chi connectivity index (χ4n) is 6.21. The quantitative estimate of drug-likeness (QED) is 0.466. The molecule has 4 heteroatoms. The molecule has 1 aromatic rings. The zero-order chi connectivity index (χ0) is 23.3. The molecule has 0 spiro atoms. The molecule has 2 aliphatic heterocycles. The summed E-state index contributed by atoms with van der Waals surface area (Å²) in [6, 6.07) is 7.35. The van der Waals surface area contributed by atoms with Crippen molar-refractivity contribution in [3.63, 3.8) is 0 Å². The first-order chi connectivity index (χ1) is 16.1. The first-order valence-electron chi connectivity index (χ1n) is 13.7. The smallest absolute Gasteiger partial charge is 0.0605 e. The van der Waals surface area contributed by atoms with Crippen LogP contribution >= 0.6 is 0 Å². The standard InChI is InChI=1S/C29H47N3O/c1-5-16-30-19-21-32(22-20-30)28-9-8-25(31-17-12-26(33-4)13-18-31)23-27(28)24-10-14-29(6-2,7-3)15-11-24/h8-10,23,26H,5-7,11-22H2,1-4H3. The molecule has 4 rings (SSSR count). The van der Waals surface area contributed by atoms with Crippen LogP contribution in [0.15, 0.2) is 24.3 Å². The van der Waals surface area contributed by atoms with Gasteiger partial charge in [0.15, 0.2) is 0 Å². The number of rotatable bonds is 8. The van der Waals surface area contributed by atoms with Gasteiger partial charge < -0.3 is 14.5 Å². The molecule has 0 aromatic heterocycles. The van der Waals surface area contributed by atoms with Crippen LogP contribution in [0.1, 0.15) is 77.7 Å². The molecule has 1 aliphatic carbocycles. The maximum atomic E-state index is 5.61. The van der Waals surface area contributed by atoms with Crippen molar-refractivity contribution in [2.45, 2.75) is 78.2 Å². The Morgan fingerprint density at radius 1 is 0.939 bits per heavy atom. The summed E-state index contributed by atoms with van der Waals surface area (Å²) in [6.45, 7) is 15.2. The Morgan fingerprint density at radius 3 is 2.24 bits per heavy atom. The topological polar surface area (TPSA) is 19.0 Å². The van der Waals surface area contributed by atoms with Gasteiger partial charge in [0.2, 0.25) is 0 Å². The highest BCUT2D eigenvalue weighted by molar-refractivity contribution is 5.80. The fourth-order valence-corrected chi connectivity index (χ4v) is 6.21. The molecular formula is C29H47N3O. The second-order valence-corrected chi connectivity index (χ2v) is 10.6. The zero-order valence-corrected chi connectivity index (χ0v) is 21.7. The average molecular weight is 454 g/mol. The Kier molecular flexibility index (Phi) is 8.40. The lowest BCUT2D eigenvalue weighted by Crippen LogP contribution is -2.46. The molecule has 1 aromatic carbocycles. The van der Waals surface area contributed by atoms with Crippen molar-refractivity contribution >= 4 is 16.9 Å². The largest absolute Gasteiger partial charge is 0.381 e. The number of allylic oxidation sites excluding steroid dienone is 2. The molecule has 2 heterocycles. The molecule has 0 amide bonds. The second-order valence-electron chi connectivity index (χ2n) is 10.6. The SMILES string of the molecule is CCCN1CCN(c2ccc(N3CCC(OC)CC3)cc2C2=CCC(CC)(CC)CC2)CC1. The number of piperidine rings is 1. The summed E-state index contributed by atoms with van der Waals surface area (Å²) >= 11 is 0. The van der Waals surface area contributed by atoms with E-state index in [0.717, 1.165) is 39.0 Å². The van der Waals surface area contributed by atoms with Gasteiger partial charge in [-0.25, -0.2) is 0 Å². The van der Waals surface area contributed by atoms with Gasteiger partial charge in [0.05, 0.1) is 6.10 Å². The molecule has 2 saturated heterocycles. The van der Waals surface area contributed by atoms with E-state index in [9.17, 15) is 0 Å². The number of ether oxygens (including phenoxy) is 1. The van der Waals surface area contributed by atoms with Gasteiger partial charge >= 0.3 is 0 Å². The maximum absolute atomic E-state index is 5.61. The lowest BCUT2D eigenvalue weighted by Gasteiger charge is -2.39. The average Bonchev–Trinajstić information content (AvgIpc) is 2.89. The molecular weight excluding hydrogens is 406 g/mol. The Hall–Kier alpha value is -1.52. The summed E-state index contributed by atoms with van der Waals surface area (Å²) in [5, 5.41) is 0. The van der Waals surface area contributed by atoms with Crippen molar-refractivity contribution in [2.24, 2.45) is 5.41 Å². The van der Waals surface area contributed by atoms with Crippen molar-refractivity contribution in [3.05, 3.63) is 29.8 Å². The molecule has 4 nitrogen and oxygen atoms in total. The normalized spacial score (nSPS) is 22.5. The first-order valence-corrected chi connectivity index (χ1v) is 13.7. The van der Waals surface area contributed by atoms with E-state index in [1.165, 1.54) is 75.1 Å². The third-order valence-corrected chi connectivity index (χ3v) is 8.93. The lowest BCUT2D eigenvalue weighted by molar-refractivity contribution is 0.0819. The Labute approximate surface area is 203 Å². The molecule has 0 unspecified atom stereocenters. The molecule has 2 fully saturated rings. The van der Waals surface area contributed by atoms with Crippen LogP contribution in [0.3, 0.4) is 0 Å². The van der Waals surface area contributed by atoms with Crippen LogP contribution < -0.4 is 9.80 Å². The molecule has 0 radical (unpaired) electrons. The van der Waals surface area contributed by atoms with Gasteiger partial charge in [-0.2, -0.15) is 0 Å². The number of hydrogen-bond donors (Lipinski definition) is 0. The van der Waals surface area contributed by atoms with E-state index in [-0.39, 0.29) is 0 Å². The molecule has 0 saturated carbocycles. The van der Waals surface area contributed by atoms with Crippen LogP contribution in [-0.2, 0) is 4.74 Å². The number of nitrogens with zero attached hydrogens (tertiary/aromatic N) is 3. The number of anilines is 2. The van der Waals surface area contributed by atoms with Crippen molar-refractivity contribution in [3.8, 4) is 0 Å². The minimum atomic E-state index is 0.427. The Balaban J connectivity index is 1.59. The number of hydrogen-bond acceptors (Lipinski definition) is 4. The highest BCUT2D eigenvalue weighted by atomic mass is 16.5. The Morgan fingerprint density at radius 2 is 1.67 bits per heavy atom. The van der Waals surface area contributed by atoms with Gasteiger partial charge in [-0.15, -0.1) is 0 Å². The Bertz CT molecular complexity index is 784. The van der Waals surface area contributed by atoms with Gasteiger partial charge in [-0.05, 0) is 74.3 Å². The van der Waals surface area contributed by atoms with E-state index in [0.29, 0.717) is 11.5 Å². The summed E-state index contributed by atoms with van der Waals surface area (Å²) in [6.07, 6.45) is 12.9. The van der Waals surface area contributed by atoms with Gasteiger partial charge in [0, 0.05) is 63.3 Å². The molecule has 0 bridgehead atoms. The predicted molar refractivity (Wildman–Crippen MR) is 142 cm³/mol. The van der Waals surface area contributed by atoms with Crippen molar-refractivity contribution in [1.29, 1.82) is 0 Å². The summed E-state index contributed by atoms with van der Waals surface area (Å²) in [5.74, 6) is 0. The van der Waals surface area contributed by atoms with E-state index >= 15 is 0 Å². The first kappa shape index (κ1) is 24.6. The number of methoxy groups -OCH3 is 1.